The molecule has 0 unspecified atom stereocenters. The summed E-state index contributed by atoms with van der Waals surface area (Å²) >= 11 is 1.67. The molecule has 2 N–H and O–H groups in total. The van der Waals surface area contributed by atoms with Crippen molar-refractivity contribution in [1.82, 2.24) is 25.2 Å². The van der Waals surface area contributed by atoms with Gasteiger partial charge in [0.15, 0.2) is 5.96 Å². The first-order valence-electron chi connectivity index (χ1n) is 8.21. The van der Waals surface area contributed by atoms with Crippen molar-refractivity contribution < 1.29 is 4.39 Å². The molecule has 0 spiro atoms. The molecule has 8 heteroatoms. The van der Waals surface area contributed by atoms with Crippen LogP contribution >= 0.6 is 11.3 Å². The summed E-state index contributed by atoms with van der Waals surface area (Å²) in [6, 6.07) is 5.15. The number of aliphatic imine (C=N–C) groups is 1. The number of benzene rings is 1. The highest BCUT2D eigenvalue weighted by Gasteiger charge is 2.08. The van der Waals surface area contributed by atoms with E-state index in [2.05, 4.69) is 25.6 Å². The van der Waals surface area contributed by atoms with E-state index in [4.69, 9.17) is 0 Å². The van der Waals surface area contributed by atoms with Gasteiger partial charge in [-0.25, -0.2) is 14.4 Å². The van der Waals surface area contributed by atoms with E-state index >= 15 is 0 Å². The van der Waals surface area contributed by atoms with Crippen molar-refractivity contribution in [2.45, 2.75) is 26.9 Å². The number of hydrogen-bond acceptors (Lipinski definition) is 4. The van der Waals surface area contributed by atoms with Crippen LogP contribution in [0, 0.1) is 19.7 Å². The Kier molecular flexibility index (Phi) is 5.62. The molecule has 0 saturated heterocycles. The summed E-state index contributed by atoms with van der Waals surface area (Å²) in [5, 5.41) is 7.51. The van der Waals surface area contributed by atoms with Crippen LogP contribution in [0.4, 0.5) is 4.39 Å². The Labute approximate surface area is 155 Å². The highest BCUT2D eigenvalue weighted by Crippen LogP contribution is 2.17. The minimum atomic E-state index is -0.291. The Hall–Kier alpha value is -2.74. The molecule has 2 aromatic heterocycles. The number of nitrogens with zero attached hydrogens (tertiary/aromatic N) is 4. The van der Waals surface area contributed by atoms with Gasteiger partial charge in [-0.15, -0.1) is 11.3 Å². The van der Waals surface area contributed by atoms with Crippen LogP contribution in [0.15, 0.2) is 41.9 Å². The predicted molar refractivity (Wildman–Crippen MR) is 102 cm³/mol. The molecular weight excluding hydrogens is 351 g/mol. The summed E-state index contributed by atoms with van der Waals surface area (Å²) in [5.74, 6) is 0.371. The maximum Gasteiger partial charge on any atom is 0.191 e. The molecular formula is C18H21FN6S. The maximum absolute atomic E-state index is 14.3. The average Bonchev–Trinajstić information content (AvgIpc) is 3.25. The van der Waals surface area contributed by atoms with E-state index in [-0.39, 0.29) is 5.82 Å². The second kappa shape index (κ2) is 8.09. The molecule has 2 heterocycles. The Morgan fingerprint density at radius 1 is 1.27 bits per heavy atom. The van der Waals surface area contributed by atoms with Gasteiger partial charge in [-0.3, -0.25) is 4.99 Å². The molecule has 3 aromatic rings. The van der Waals surface area contributed by atoms with Gasteiger partial charge in [0.25, 0.3) is 0 Å². The van der Waals surface area contributed by atoms with Crippen molar-refractivity contribution in [2.24, 2.45) is 4.99 Å². The molecule has 0 fully saturated rings. The Balaban J connectivity index is 1.58. The lowest BCUT2D eigenvalue weighted by atomic mass is 10.2. The number of rotatable bonds is 5. The minimum absolute atomic E-state index is 0.291. The molecule has 26 heavy (non-hydrogen) atoms. The number of halogens is 1. The lowest BCUT2D eigenvalue weighted by Gasteiger charge is -2.12. The van der Waals surface area contributed by atoms with Crippen molar-refractivity contribution in [3.8, 4) is 5.69 Å². The van der Waals surface area contributed by atoms with E-state index in [1.807, 2.05) is 19.9 Å². The molecule has 0 amide bonds. The lowest BCUT2D eigenvalue weighted by molar-refractivity contribution is 0.615. The quantitative estimate of drug-likeness (QED) is 0.534. The number of imidazole rings is 1. The van der Waals surface area contributed by atoms with Crippen molar-refractivity contribution in [1.29, 1.82) is 0 Å². The fraction of sp³-hybridized carbons (Fsp3) is 0.278. The third-order valence-corrected chi connectivity index (χ3v) is 4.97. The number of thiazole rings is 1. The SMILES string of the molecule is CN=C(NCc1ccc(-n2ccnc2)c(F)c1)NCc1sc(C)nc1C. The van der Waals surface area contributed by atoms with Crippen LogP contribution in [0.1, 0.15) is 21.1 Å². The number of guanidine groups is 1. The zero-order valence-electron chi connectivity index (χ0n) is 15.0. The van der Waals surface area contributed by atoms with E-state index < -0.39 is 0 Å². The predicted octanol–water partition coefficient (Wildman–Crippen LogP) is 2.95. The van der Waals surface area contributed by atoms with Crippen LogP contribution in [-0.4, -0.2) is 27.5 Å². The van der Waals surface area contributed by atoms with Crippen molar-refractivity contribution in [3.05, 3.63) is 63.9 Å². The van der Waals surface area contributed by atoms with E-state index in [9.17, 15) is 4.39 Å². The highest BCUT2D eigenvalue weighted by atomic mass is 32.1. The van der Waals surface area contributed by atoms with E-state index in [1.165, 1.54) is 10.9 Å². The monoisotopic (exact) mass is 372 g/mol. The van der Waals surface area contributed by atoms with Crippen LogP contribution in [0.5, 0.6) is 0 Å². The van der Waals surface area contributed by atoms with Gasteiger partial charge in [0.05, 0.1) is 29.3 Å². The van der Waals surface area contributed by atoms with Gasteiger partial charge < -0.3 is 15.2 Å². The third-order valence-electron chi connectivity index (χ3n) is 3.89. The Morgan fingerprint density at radius 3 is 2.69 bits per heavy atom. The summed E-state index contributed by atoms with van der Waals surface area (Å²) in [5.41, 5.74) is 2.34. The van der Waals surface area contributed by atoms with Gasteiger partial charge in [-0.05, 0) is 31.5 Å². The smallest absolute Gasteiger partial charge is 0.191 e. The van der Waals surface area contributed by atoms with Crippen LogP contribution in [0.3, 0.4) is 0 Å². The van der Waals surface area contributed by atoms with E-state index in [0.29, 0.717) is 24.7 Å². The lowest BCUT2D eigenvalue weighted by Crippen LogP contribution is -2.36. The molecule has 1 aromatic carbocycles. The summed E-state index contributed by atoms with van der Waals surface area (Å²) in [6.07, 6.45) is 4.91. The van der Waals surface area contributed by atoms with Gasteiger partial charge in [-0.2, -0.15) is 0 Å². The first-order valence-corrected chi connectivity index (χ1v) is 9.02. The number of hydrogen-bond donors (Lipinski definition) is 2. The summed E-state index contributed by atoms with van der Waals surface area (Å²) in [4.78, 5) is 13.7. The molecule has 3 rings (SSSR count). The fourth-order valence-electron chi connectivity index (χ4n) is 2.58. The standard InChI is InChI=1S/C18H21FN6S/c1-12-17(26-13(2)24-12)10-23-18(20-3)22-9-14-4-5-16(15(19)8-14)25-7-6-21-11-25/h4-8,11H,9-10H2,1-3H3,(H2,20,22,23). The zero-order valence-corrected chi connectivity index (χ0v) is 15.8. The highest BCUT2D eigenvalue weighted by molar-refractivity contribution is 7.11. The Bertz CT molecular complexity index is 901. The van der Waals surface area contributed by atoms with Gasteiger partial charge in [0, 0.05) is 30.9 Å². The number of aromatic nitrogens is 3. The van der Waals surface area contributed by atoms with Gasteiger partial charge in [-0.1, -0.05) is 6.07 Å². The summed E-state index contributed by atoms with van der Waals surface area (Å²) < 4.78 is 16.0. The fourth-order valence-corrected chi connectivity index (χ4v) is 3.46. The summed E-state index contributed by atoms with van der Waals surface area (Å²) in [6.45, 7) is 5.13. The topological polar surface area (TPSA) is 67.1 Å². The second-order valence-corrected chi connectivity index (χ2v) is 7.06. The molecule has 136 valence electrons. The molecule has 0 aliphatic carbocycles. The normalized spacial score (nSPS) is 11.6. The molecule has 0 radical (unpaired) electrons. The first kappa shape index (κ1) is 18.1. The number of nitrogens with one attached hydrogen (secondary N) is 2. The van der Waals surface area contributed by atoms with E-state index in [1.54, 1.807) is 47.7 Å². The van der Waals surface area contributed by atoms with Gasteiger partial charge >= 0.3 is 0 Å². The van der Waals surface area contributed by atoms with Crippen molar-refractivity contribution in [3.63, 3.8) is 0 Å². The minimum Gasteiger partial charge on any atom is -0.352 e. The van der Waals surface area contributed by atoms with Crippen molar-refractivity contribution in [2.75, 3.05) is 7.05 Å². The molecule has 6 nitrogen and oxygen atoms in total. The molecule has 0 atom stereocenters. The van der Waals surface area contributed by atoms with Crippen LogP contribution in [0.25, 0.3) is 5.69 Å². The molecule has 0 bridgehead atoms. The van der Waals surface area contributed by atoms with E-state index in [0.717, 1.165) is 16.3 Å². The average molecular weight is 372 g/mol. The third kappa shape index (κ3) is 4.26. The molecule has 0 saturated carbocycles. The largest absolute Gasteiger partial charge is 0.352 e. The summed E-state index contributed by atoms with van der Waals surface area (Å²) in [7, 11) is 1.71. The van der Waals surface area contributed by atoms with Gasteiger partial charge in [0.2, 0.25) is 0 Å². The molecule has 0 aliphatic rings. The molecule has 0 aliphatic heterocycles. The Morgan fingerprint density at radius 2 is 2.08 bits per heavy atom. The zero-order chi connectivity index (χ0) is 18.5. The van der Waals surface area contributed by atoms with Crippen LogP contribution in [-0.2, 0) is 13.1 Å². The second-order valence-electron chi connectivity index (χ2n) is 5.78. The maximum atomic E-state index is 14.3. The van der Waals surface area contributed by atoms with Crippen LogP contribution in [0.2, 0.25) is 0 Å². The van der Waals surface area contributed by atoms with Crippen LogP contribution < -0.4 is 10.6 Å². The number of aryl methyl sites for hydroxylation is 2. The first-order chi connectivity index (χ1) is 12.6. The van der Waals surface area contributed by atoms with Crippen molar-refractivity contribution >= 4 is 17.3 Å². The van der Waals surface area contributed by atoms with Gasteiger partial charge in [0.1, 0.15) is 5.82 Å².